The van der Waals surface area contributed by atoms with Crippen molar-refractivity contribution in [3.8, 4) is 0 Å². The van der Waals surface area contributed by atoms with Gasteiger partial charge in [-0.2, -0.15) is 0 Å². The van der Waals surface area contributed by atoms with E-state index >= 15 is 0 Å². The average Bonchev–Trinajstić information content (AvgIpc) is 2.59. The van der Waals surface area contributed by atoms with Crippen LogP contribution in [0.4, 0.5) is 4.39 Å². The molecule has 1 aromatic carbocycles. The fraction of sp³-hybridized carbons (Fsp3) is 0.571. The highest BCUT2D eigenvalue weighted by Gasteiger charge is 2.46. The smallest absolute Gasteiger partial charge is 0.140 e. The Morgan fingerprint density at radius 3 is 2.89 bits per heavy atom. The first-order valence-electron chi connectivity index (χ1n) is 6.43. The molecule has 5 heteroatoms. The number of nitrogens with zero attached hydrogens (tertiary/aromatic N) is 1. The van der Waals surface area contributed by atoms with Gasteiger partial charge in [-0.1, -0.05) is 12.1 Å². The zero-order valence-electron chi connectivity index (χ0n) is 11.2. The van der Waals surface area contributed by atoms with Crippen molar-refractivity contribution in [2.75, 3.05) is 13.7 Å². The largest absolute Gasteiger partial charge is 0.394 e. The molecular formula is C14H20BrFN2O. The van der Waals surface area contributed by atoms with Gasteiger partial charge in [-0.05, 0) is 54.4 Å². The second-order valence-electron chi connectivity index (χ2n) is 5.54. The Morgan fingerprint density at radius 2 is 2.26 bits per heavy atom. The summed E-state index contributed by atoms with van der Waals surface area (Å²) in [5, 5.41) is 9.58. The Balaban J connectivity index is 2.28. The molecule has 3 N–H and O–H groups in total. The van der Waals surface area contributed by atoms with Gasteiger partial charge in [-0.15, -0.1) is 0 Å². The molecule has 0 amide bonds. The quantitative estimate of drug-likeness (QED) is 0.890. The van der Waals surface area contributed by atoms with Gasteiger partial charge in [0.25, 0.3) is 0 Å². The number of likely N-dealkylation sites (N-methyl/N-ethyl adjacent to an activating group) is 1. The maximum absolute atomic E-state index is 14.1. The van der Waals surface area contributed by atoms with Crippen molar-refractivity contribution >= 4 is 15.9 Å². The van der Waals surface area contributed by atoms with E-state index in [2.05, 4.69) is 27.8 Å². The Morgan fingerprint density at radius 1 is 1.58 bits per heavy atom. The third kappa shape index (κ3) is 2.70. The van der Waals surface area contributed by atoms with Crippen molar-refractivity contribution in [2.24, 2.45) is 5.73 Å². The fourth-order valence-electron chi connectivity index (χ4n) is 2.97. The Labute approximate surface area is 121 Å². The van der Waals surface area contributed by atoms with Crippen LogP contribution < -0.4 is 5.73 Å². The summed E-state index contributed by atoms with van der Waals surface area (Å²) in [5.74, 6) is -0.240. The number of hydrogen-bond donors (Lipinski definition) is 2. The van der Waals surface area contributed by atoms with E-state index in [1.54, 1.807) is 12.1 Å². The van der Waals surface area contributed by atoms with Crippen molar-refractivity contribution in [3.63, 3.8) is 0 Å². The van der Waals surface area contributed by atoms with E-state index in [9.17, 15) is 9.50 Å². The van der Waals surface area contributed by atoms with E-state index in [4.69, 9.17) is 5.73 Å². The molecular weight excluding hydrogens is 311 g/mol. The van der Waals surface area contributed by atoms with Gasteiger partial charge in [0.2, 0.25) is 0 Å². The SMILES string of the molecule is C[C@@H]1CC(N)(CO)C(Cc2cccc(Br)c2F)N1C. The highest BCUT2D eigenvalue weighted by atomic mass is 79.9. The highest BCUT2D eigenvalue weighted by Crippen LogP contribution is 2.33. The number of likely N-dealkylation sites (tertiary alicyclic amines) is 1. The molecule has 1 heterocycles. The van der Waals surface area contributed by atoms with Crippen LogP contribution in [-0.2, 0) is 6.42 Å². The van der Waals surface area contributed by atoms with Crippen LogP contribution in [0.25, 0.3) is 0 Å². The molecule has 0 aliphatic carbocycles. The van der Waals surface area contributed by atoms with Gasteiger partial charge in [0.15, 0.2) is 0 Å². The molecule has 0 bridgehead atoms. The summed E-state index contributed by atoms with van der Waals surface area (Å²) in [6.07, 6.45) is 1.23. The van der Waals surface area contributed by atoms with Crippen LogP contribution in [0, 0.1) is 5.82 Å². The molecule has 1 aliphatic rings. The number of rotatable bonds is 3. The Kier molecular flexibility index (Phi) is 4.30. The van der Waals surface area contributed by atoms with Crippen molar-refractivity contribution in [1.29, 1.82) is 0 Å². The minimum atomic E-state index is -0.664. The van der Waals surface area contributed by atoms with Crippen molar-refractivity contribution in [2.45, 2.75) is 37.4 Å². The maximum Gasteiger partial charge on any atom is 0.140 e. The molecule has 2 unspecified atom stereocenters. The summed E-state index contributed by atoms with van der Waals surface area (Å²) in [6, 6.07) is 5.50. The molecule has 0 aromatic heterocycles. The zero-order chi connectivity index (χ0) is 14.2. The van der Waals surface area contributed by atoms with E-state index in [1.807, 2.05) is 13.1 Å². The molecule has 3 atom stereocenters. The first-order valence-corrected chi connectivity index (χ1v) is 7.23. The lowest BCUT2D eigenvalue weighted by atomic mass is 9.87. The highest BCUT2D eigenvalue weighted by molar-refractivity contribution is 9.10. The molecule has 106 valence electrons. The standard InChI is InChI=1S/C14H20BrFN2O/c1-9-7-14(17,8-19)12(18(9)2)6-10-4-3-5-11(15)13(10)16/h3-5,9,12,19H,6-8,17H2,1-2H3/t9-,12?,14?/m1/s1. The lowest BCUT2D eigenvalue weighted by Gasteiger charge is -2.32. The molecule has 3 nitrogen and oxygen atoms in total. The van der Waals surface area contributed by atoms with Crippen LogP contribution >= 0.6 is 15.9 Å². The number of aliphatic hydroxyl groups is 1. The summed E-state index contributed by atoms with van der Waals surface area (Å²) < 4.78 is 14.5. The van der Waals surface area contributed by atoms with Gasteiger partial charge in [0.05, 0.1) is 16.6 Å². The van der Waals surface area contributed by atoms with Gasteiger partial charge in [0, 0.05) is 12.1 Å². The van der Waals surface area contributed by atoms with E-state index in [-0.39, 0.29) is 24.5 Å². The molecule has 0 radical (unpaired) electrons. The zero-order valence-corrected chi connectivity index (χ0v) is 12.8. The van der Waals surface area contributed by atoms with Crippen LogP contribution in [0.1, 0.15) is 18.9 Å². The van der Waals surface area contributed by atoms with Gasteiger partial charge in [-0.25, -0.2) is 4.39 Å². The third-order valence-corrected chi connectivity index (χ3v) is 4.88. The molecule has 1 aromatic rings. The van der Waals surface area contributed by atoms with E-state index in [0.717, 1.165) is 6.42 Å². The lowest BCUT2D eigenvalue weighted by Crippen LogP contribution is -2.54. The summed E-state index contributed by atoms with van der Waals surface area (Å²) in [6.45, 7) is 2.00. The Hall–Kier alpha value is -0.490. The van der Waals surface area contributed by atoms with Crippen molar-refractivity contribution < 1.29 is 9.50 Å². The van der Waals surface area contributed by atoms with E-state index in [1.165, 1.54) is 0 Å². The molecule has 2 rings (SSSR count). The molecule has 1 fully saturated rings. The summed E-state index contributed by atoms with van der Waals surface area (Å²) in [7, 11) is 1.98. The number of halogens is 2. The average molecular weight is 331 g/mol. The van der Waals surface area contributed by atoms with Gasteiger partial charge in [-0.3, -0.25) is 4.90 Å². The lowest BCUT2D eigenvalue weighted by molar-refractivity contribution is 0.147. The number of benzene rings is 1. The predicted octanol–water partition coefficient (Wildman–Crippen LogP) is 1.91. The van der Waals surface area contributed by atoms with Gasteiger partial charge in [0.1, 0.15) is 5.82 Å². The maximum atomic E-state index is 14.1. The second kappa shape index (κ2) is 5.48. The molecule has 0 spiro atoms. The van der Waals surface area contributed by atoms with Crippen molar-refractivity contribution in [3.05, 3.63) is 34.1 Å². The minimum absolute atomic E-state index is 0.0590. The number of nitrogens with two attached hydrogens (primary N) is 1. The first-order chi connectivity index (χ1) is 8.89. The van der Waals surface area contributed by atoms with E-state index < -0.39 is 5.54 Å². The second-order valence-corrected chi connectivity index (χ2v) is 6.40. The summed E-state index contributed by atoms with van der Waals surface area (Å²) in [5.41, 5.74) is 6.26. The number of hydrogen-bond acceptors (Lipinski definition) is 3. The molecule has 1 saturated heterocycles. The normalized spacial score (nSPS) is 31.9. The monoisotopic (exact) mass is 330 g/mol. The van der Waals surface area contributed by atoms with Crippen LogP contribution in [0.5, 0.6) is 0 Å². The topological polar surface area (TPSA) is 49.5 Å². The minimum Gasteiger partial charge on any atom is -0.394 e. The molecule has 0 saturated carbocycles. The van der Waals surface area contributed by atoms with Crippen LogP contribution in [-0.4, -0.2) is 41.3 Å². The van der Waals surface area contributed by atoms with Crippen LogP contribution in [0.15, 0.2) is 22.7 Å². The predicted molar refractivity (Wildman–Crippen MR) is 77.4 cm³/mol. The Bertz CT molecular complexity index is 471. The summed E-state index contributed by atoms with van der Waals surface area (Å²) in [4.78, 5) is 2.14. The third-order valence-electron chi connectivity index (χ3n) is 4.27. The van der Waals surface area contributed by atoms with Crippen molar-refractivity contribution in [1.82, 2.24) is 4.90 Å². The summed E-state index contributed by atoms with van der Waals surface area (Å²) >= 11 is 3.20. The van der Waals surface area contributed by atoms with E-state index in [0.29, 0.717) is 16.5 Å². The fourth-order valence-corrected chi connectivity index (χ4v) is 3.38. The molecule has 1 aliphatic heterocycles. The van der Waals surface area contributed by atoms with Crippen LogP contribution in [0.2, 0.25) is 0 Å². The first kappa shape index (κ1) is 14.9. The van der Waals surface area contributed by atoms with Gasteiger partial charge >= 0.3 is 0 Å². The van der Waals surface area contributed by atoms with Gasteiger partial charge < -0.3 is 10.8 Å². The van der Waals surface area contributed by atoms with Crippen LogP contribution in [0.3, 0.4) is 0 Å². The molecule has 19 heavy (non-hydrogen) atoms. The number of aliphatic hydroxyl groups excluding tert-OH is 1.